The maximum Gasteiger partial charge on any atom is 0.161 e. The summed E-state index contributed by atoms with van der Waals surface area (Å²) in [4.78, 5) is 16.6. The number of thiophene rings is 1. The van der Waals surface area contributed by atoms with E-state index in [2.05, 4.69) is 104 Å². The van der Waals surface area contributed by atoms with Crippen LogP contribution in [0.4, 0.5) is 0 Å². The summed E-state index contributed by atoms with van der Waals surface area (Å²) in [6.07, 6.45) is 5.42. The van der Waals surface area contributed by atoms with Gasteiger partial charge in [-0.2, -0.15) is 0 Å². The average molecular weight is 683 g/mol. The molecule has 0 amide bonds. The minimum Gasteiger partial charge on any atom is -0.304 e. The summed E-state index contributed by atoms with van der Waals surface area (Å²) in [5.41, 5.74) is 8.55. The number of fused-ring (bicyclic) bond motifs is 4. The van der Waals surface area contributed by atoms with Crippen LogP contribution in [-0.2, 0) is 0 Å². The quantitative estimate of drug-likeness (QED) is 0.115. The molecular formula is C44H34N4S2. The highest BCUT2D eigenvalue weighted by Crippen LogP contribution is 2.47. The Morgan fingerprint density at radius 1 is 0.780 bits per heavy atom. The Kier molecular flexibility index (Phi) is 8.80. The lowest BCUT2D eigenvalue weighted by molar-refractivity contribution is 0.783. The van der Waals surface area contributed by atoms with Crippen LogP contribution in [-0.4, -0.2) is 27.1 Å². The number of aliphatic imine (C=N–C) groups is 1. The molecule has 0 radical (unpaired) electrons. The lowest BCUT2D eigenvalue weighted by atomic mass is 9.96. The van der Waals surface area contributed by atoms with Crippen LogP contribution in [0.2, 0.25) is 0 Å². The molecule has 0 bridgehead atoms. The zero-order valence-corrected chi connectivity index (χ0v) is 29.1. The molecule has 0 saturated carbocycles. The molecule has 0 aliphatic carbocycles. The predicted octanol–water partition coefficient (Wildman–Crippen LogP) is 12.0. The number of rotatable bonds is 10. The highest BCUT2D eigenvalue weighted by atomic mass is 32.2. The van der Waals surface area contributed by atoms with Crippen LogP contribution in [0.15, 0.2) is 162 Å². The Morgan fingerprint density at radius 2 is 1.48 bits per heavy atom. The van der Waals surface area contributed by atoms with E-state index in [-0.39, 0.29) is 11.3 Å². The van der Waals surface area contributed by atoms with Crippen LogP contribution >= 0.6 is 23.1 Å². The molecule has 242 valence electrons. The van der Waals surface area contributed by atoms with Crippen molar-refractivity contribution in [3.8, 4) is 33.9 Å². The Bertz CT molecular complexity index is 2370. The maximum absolute atomic E-state index is 9.01. The zero-order chi connectivity index (χ0) is 34.0. The molecule has 2 unspecified atom stereocenters. The Hall–Kier alpha value is -5.43. The summed E-state index contributed by atoms with van der Waals surface area (Å²) in [5.74, 6) is 0.713. The Morgan fingerprint density at radius 3 is 2.20 bits per heavy atom. The van der Waals surface area contributed by atoms with E-state index in [0.29, 0.717) is 11.5 Å². The van der Waals surface area contributed by atoms with Gasteiger partial charge in [-0.05, 0) is 53.8 Å². The zero-order valence-electron chi connectivity index (χ0n) is 27.4. The molecule has 3 heterocycles. The first-order valence-electron chi connectivity index (χ1n) is 16.7. The van der Waals surface area contributed by atoms with E-state index in [9.17, 15) is 0 Å². The van der Waals surface area contributed by atoms with E-state index in [1.807, 2.05) is 48.7 Å². The van der Waals surface area contributed by atoms with Crippen molar-refractivity contribution in [3.05, 3.63) is 163 Å². The number of aromatic nitrogens is 2. The molecule has 2 atom stereocenters. The Balaban J connectivity index is 1.17. The van der Waals surface area contributed by atoms with Crippen LogP contribution in [0.1, 0.15) is 30.0 Å². The molecule has 2 aromatic heterocycles. The molecule has 1 aliphatic heterocycles. The number of thioether (sulfide) groups is 1. The second-order valence-corrected chi connectivity index (χ2v) is 14.6. The third-order valence-corrected chi connectivity index (χ3v) is 11.7. The first-order chi connectivity index (χ1) is 24.6. The van der Waals surface area contributed by atoms with Gasteiger partial charge >= 0.3 is 0 Å². The van der Waals surface area contributed by atoms with E-state index >= 15 is 0 Å². The monoisotopic (exact) mass is 682 g/mol. The van der Waals surface area contributed by atoms with Gasteiger partial charge in [0.25, 0.3) is 0 Å². The van der Waals surface area contributed by atoms with Gasteiger partial charge in [0.1, 0.15) is 0 Å². The van der Waals surface area contributed by atoms with Crippen LogP contribution in [0.5, 0.6) is 0 Å². The van der Waals surface area contributed by atoms with Crippen molar-refractivity contribution in [2.24, 2.45) is 4.99 Å². The largest absolute Gasteiger partial charge is 0.304 e. The summed E-state index contributed by atoms with van der Waals surface area (Å²) < 4.78 is 2.34. The summed E-state index contributed by atoms with van der Waals surface area (Å²) in [5, 5.41) is 11.3. The second kappa shape index (κ2) is 13.8. The molecule has 4 nitrogen and oxygen atoms in total. The van der Waals surface area contributed by atoms with Gasteiger partial charge in [-0.1, -0.05) is 116 Å². The van der Waals surface area contributed by atoms with Crippen LogP contribution in [0, 0.1) is 5.41 Å². The van der Waals surface area contributed by atoms with Crippen molar-refractivity contribution in [1.29, 1.82) is 5.41 Å². The van der Waals surface area contributed by atoms with Crippen LogP contribution in [0.25, 0.3) is 54.1 Å². The van der Waals surface area contributed by atoms with Gasteiger partial charge in [0.2, 0.25) is 0 Å². The normalized spacial score (nSPS) is 15.4. The molecule has 0 fully saturated rings. The summed E-state index contributed by atoms with van der Waals surface area (Å²) >= 11 is 3.48. The first kappa shape index (κ1) is 31.8. The van der Waals surface area contributed by atoms with Gasteiger partial charge in [0.05, 0.1) is 22.7 Å². The highest BCUT2D eigenvalue weighted by Gasteiger charge is 2.36. The van der Waals surface area contributed by atoms with E-state index in [1.54, 1.807) is 23.1 Å². The predicted molar refractivity (Wildman–Crippen MR) is 214 cm³/mol. The SMILES string of the molecule is C=CCCC(=C)C(=N)C1Sc2ccccc2C1/N=C/c1ccc2c(c1)sc1c(-c3nc(-c4ccccc4)cc(-c4ccccc4)n3)cccc12. The van der Waals surface area contributed by atoms with Crippen LogP contribution in [0.3, 0.4) is 0 Å². The molecule has 1 aliphatic rings. The fourth-order valence-corrected chi connectivity index (χ4v) is 9.15. The van der Waals surface area contributed by atoms with Crippen molar-refractivity contribution in [2.75, 3.05) is 0 Å². The smallest absolute Gasteiger partial charge is 0.161 e. The van der Waals surface area contributed by atoms with E-state index in [0.717, 1.165) is 56.8 Å². The first-order valence-corrected chi connectivity index (χ1v) is 18.4. The molecule has 6 heteroatoms. The number of nitrogens with one attached hydrogen (secondary N) is 1. The van der Waals surface area contributed by atoms with Crippen molar-refractivity contribution in [2.45, 2.75) is 29.0 Å². The Labute approximate surface area is 300 Å². The fourth-order valence-electron chi connectivity index (χ4n) is 6.50. The number of nitrogens with zero attached hydrogens (tertiary/aromatic N) is 3. The summed E-state index contributed by atoms with van der Waals surface area (Å²) in [7, 11) is 0. The molecule has 50 heavy (non-hydrogen) atoms. The number of hydrogen-bond acceptors (Lipinski definition) is 6. The molecular weight excluding hydrogens is 649 g/mol. The number of allylic oxidation sites excluding steroid dienone is 2. The molecule has 0 saturated heterocycles. The van der Waals surface area contributed by atoms with Crippen molar-refractivity contribution in [3.63, 3.8) is 0 Å². The van der Waals surface area contributed by atoms with Gasteiger partial charge in [-0.3, -0.25) is 4.99 Å². The highest BCUT2D eigenvalue weighted by molar-refractivity contribution is 8.01. The number of benzene rings is 5. The molecule has 5 aromatic carbocycles. The van der Waals surface area contributed by atoms with Gasteiger partial charge in [0.15, 0.2) is 5.82 Å². The fraction of sp³-hybridized carbons (Fsp3) is 0.0909. The third kappa shape index (κ3) is 6.13. The van der Waals surface area contributed by atoms with Gasteiger partial charge in [-0.25, -0.2) is 9.97 Å². The molecule has 8 rings (SSSR count). The topological polar surface area (TPSA) is 62.0 Å². The average Bonchev–Trinajstić information content (AvgIpc) is 3.74. The minimum atomic E-state index is -0.151. The summed E-state index contributed by atoms with van der Waals surface area (Å²) in [6, 6.07) is 43.9. The molecule has 1 N–H and O–H groups in total. The third-order valence-electron chi connectivity index (χ3n) is 9.11. The van der Waals surface area contributed by atoms with Gasteiger partial charge in [0, 0.05) is 53.7 Å². The van der Waals surface area contributed by atoms with E-state index in [4.69, 9.17) is 20.4 Å². The molecule has 7 aromatic rings. The van der Waals surface area contributed by atoms with E-state index in [1.165, 1.54) is 25.9 Å². The molecule has 0 spiro atoms. The maximum atomic E-state index is 9.01. The lowest BCUT2D eigenvalue weighted by Gasteiger charge is -2.18. The van der Waals surface area contributed by atoms with Crippen molar-refractivity contribution >= 4 is 55.2 Å². The summed E-state index contributed by atoms with van der Waals surface area (Å²) in [6.45, 7) is 8.07. The van der Waals surface area contributed by atoms with Crippen LogP contribution < -0.4 is 0 Å². The van der Waals surface area contributed by atoms with Gasteiger partial charge in [-0.15, -0.1) is 29.7 Å². The second-order valence-electron chi connectivity index (χ2n) is 12.4. The standard InChI is InChI=1S/C44H34N4S2/c1-3-4-14-28(2)40(45)43-41(34-19-11-12-22-38(34)49-43)46-27-29-23-24-32-33-20-13-21-35(42(33)50-39(32)25-29)44-47-36(30-15-7-5-8-16-30)26-37(48-44)31-17-9-6-10-18-31/h3,5-13,15-27,41,43,45H,1-2,4,14H2/b45-40?,46-27+. The van der Waals surface area contributed by atoms with E-state index < -0.39 is 0 Å². The minimum absolute atomic E-state index is 0.107. The van der Waals surface area contributed by atoms with Gasteiger partial charge < -0.3 is 5.41 Å². The van der Waals surface area contributed by atoms with Crippen molar-refractivity contribution in [1.82, 2.24) is 9.97 Å². The number of hydrogen-bond donors (Lipinski definition) is 1. The lowest BCUT2D eigenvalue weighted by Crippen LogP contribution is -2.21. The van der Waals surface area contributed by atoms with Crippen molar-refractivity contribution < 1.29 is 0 Å².